The topological polar surface area (TPSA) is 156 Å². The molecule has 2 N–H and O–H groups in total. The van der Waals surface area contributed by atoms with E-state index in [0.29, 0.717) is 19.3 Å². The largest absolute Gasteiger partial charge is 0.352 e. The van der Waals surface area contributed by atoms with Crippen LogP contribution in [0.15, 0.2) is 10.2 Å². The zero-order valence-electron chi connectivity index (χ0n) is 19.5. The number of carbonyl (C=O) groups excluding carboxylic acids is 2. The summed E-state index contributed by atoms with van der Waals surface area (Å²) in [5.41, 5.74) is 10.3. The standard InChI is InChI=1S/C21H16F8N8O2/c22-10-8(11(23)15(27)18(14(10)26)34-36-30)20(38)32-6-4-2-1-3-5-7-33-21(39)9-12(24)16(28)19(35-37-31)17(29)13(9)25/h1-7H2,(H,32,38)(H,33,39). The number of halogens is 8. The highest BCUT2D eigenvalue weighted by Crippen LogP contribution is 2.31. The van der Waals surface area contributed by atoms with Gasteiger partial charge < -0.3 is 10.6 Å². The summed E-state index contributed by atoms with van der Waals surface area (Å²) in [6, 6.07) is 0. The van der Waals surface area contributed by atoms with Crippen LogP contribution in [0, 0.1) is 46.5 Å². The molecule has 0 unspecified atom stereocenters. The molecule has 0 saturated heterocycles. The van der Waals surface area contributed by atoms with Crippen LogP contribution in [0.25, 0.3) is 20.9 Å². The summed E-state index contributed by atoms with van der Waals surface area (Å²) in [6.45, 7) is -0.283. The van der Waals surface area contributed by atoms with Crippen molar-refractivity contribution in [3.05, 3.63) is 78.6 Å². The average molecular weight is 564 g/mol. The summed E-state index contributed by atoms with van der Waals surface area (Å²) in [7, 11) is 0. The van der Waals surface area contributed by atoms with Gasteiger partial charge in [0.05, 0.1) is 0 Å². The van der Waals surface area contributed by atoms with E-state index in [0.717, 1.165) is 0 Å². The molecule has 10 nitrogen and oxygen atoms in total. The molecular formula is C21H16F8N8O2. The first kappa shape index (κ1) is 30.7. The maximum Gasteiger partial charge on any atom is 0.257 e. The molecule has 0 bridgehead atoms. The second kappa shape index (κ2) is 13.8. The lowest BCUT2D eigenvalue weighted by atomic mass is 10.1. The van der Waals surface area contributed by atoms with Crippen molar-refractivity contribution in [2.75, 3.05) is 13.1 Å². The molecule has 208 valence electrons. The van der Waals surface area contributed by atoms with Crippen molar-refractivity contribution in [3.8, 4) is 0 Å². The molecule has 2 rings (SSSR count). The number of azide groups is 2. The maximum absolute atomic E-state index is 14.0. The molecule has 0 aromatic heterocycles. The molecule has 0 fully saturated rings. The third kappa shape index (κ3) is 6.86. The molecule has 39 heavy (non-hydrogen) atoms. The van der Waals surface area contributed by atoms with Gasteiger partial charge in [-0.2, -0.15) is 0 Å². The quantitative estimate of drug-likeness (QED) is 0.0727. The summed E-state index contributed by atoms with van der Waals surface area (Å²) in [5, 5.41) is 9.19. The molecule has 0 aliphatic rings. The number of carbonyl (C=O) groups is 2. The van der Waals surface area contributed by atoms with Crippen LogP contribution in [0.4, 0.5) is 46.5 Å². The number of nitrogens with zero attached hydrogens (tertiary/aromatic N) is 6. The molecule has 0 atom stereocenters. The van der Waals surface area contributed by atoms with Crippen LogP contribution in [0.1, 0.15) is 52.8 Å². The van der Waals surface area contributed by atoms with Gasteiger partial charge in [-0.25, -0.2) is 35.1 Å². The van der Waals surface area contributed by atoms with Crippen molar-refractivity contribution in [1.82, 2.24) is 10.6 Å². The number of amides is 2. The number of rotatable bonds is 12. The van der Waals surface area contributed by atoms with Crippen LogP contribution in [-0.4, -0.2) is 24.9 Å². The van der Waals surface area contributed by atoms with E-state index in [-0.39, 0.29) is 25.9 Å². The minimum Gasteiger partial charge on any atom is -0.352 e. The molecular weight excluding hydrogens is 548 g/mol. The number of unbranched alkanes of at least 4 members (excludes halogenated alkanes) is 4. The van der Waals surface area contributed by atoms with E-state index < -0.39 is 80.9 Å². The highest BCUT2D eigenvalue weighted by atomic mass is 19.2. The van der Waals surface area contributed by atoms with Gasteiger partial charge in [0.2, 0.25) is 0 Å². The van der Waals surface area contributed by atoms with E-state index in [1.807, 2.05) is 9.82 Å². The molecule has 0 heterocycles. The zero-order chi connectivity index (χ0) is 29.3. The molecule has 0 radical (unpaired) electrons. The van der Waals surface area contributed by atoms with Gasteiger partial charge in [-0.3, -0.25) is 9.59 Å². The Morgan fingerprint density at radius 2 is 0.821 bits per heavy atom. The van der Waals surface area contributed by atoms with E-state index in [2.05, 4.69) is 20.9 Å². The molecule has 0 saturated carbocycles. The lowest BCUT2D eigenvalue weighted by molar-refractivity contribution is 0.0934. The Kier molecular flexibility index (Phi) is 10.9. The first-order valence-corrected chi connectivity index (χ1v) is 10.9. The van der Waals surface area contributed by atoms with Crippen LogP contribution in [0.3, 0.4) is 0 Å². The highest BCUT2D eigenvalue weighted by molar-refractivity contribution is 5.95. The summed E-state index contributed by atoms with van der Waals surface area (Å²) in [5.74, 6) is -19.2. The van der Waals surface area contributed by atoms with Gasteiger partial charge in [0.15, 0.2) is 46.5 Å². The van der Waals surface area contributed by atoms with Crippen LogP contribution in [-0.2, 0) is 0 Å². The second-order valence-corrected chi connectivity index (χ2v) is 7.62. The minimum absolute atomic E-state index is 0.142. The molecule has 2 aromatic carbocycles. The van der Waals surface area contributed by atoms with Gasteiger partial charge in [-0.1, -0.05) is 29.5 Å². The normalized spacial score (nSPS) is 10.5. The predicted octanol–water partition coefficient (Wildman–Crippen LogP) is 6.79. The lowest BCUT2D eigenvalue weighted by Crippen LogP contribution is -2.27. The maximum atomic E-state index is 14.0. The number of hydrogen-bond donors (Lipinski definition) is 2. The van der Waals surface area contributed by atoms with Crippen molar-refractivity contribution in [2.45, 2.75) is 32.1 Å². The fourth-order valence-corrected chi connectivity index (χ4v) is 3.26. The second-order valence-electron chi connectivity index (χ2n) is 7.62. The van der Waals surface area contributed by atoms with E-state index in [1.165, 1.54) is 0 Å². The van der Waals surface area contributed by atoms with Gasteiger partial charge in [0, 0.05) is 22.9 Å². The number of benzene rings is 2. The van der Waals surface area contributed by atoms with Crippen LogP contribution >= 0.6 is 0 Å². The van der Waals surface area contributed by atoms with Gasteiger partial charge in [0.25, 0.3) is 11.8 Å². The molecule has 0 spiro atoms. The first-order valence-electron chi connectivity index (χ1n) is 10.9. The van der Waals surface area contributed by atoms with Crippen molar-refractivity contribution >= 4 is 23.2 Å². The Morgan fingerprint density at radius 3 is 1.10 bits per heavy atom. The Bertz CT molecular complexity index is 1230. The van der Waals surface area contributed by atoms with Crippen molar-refractivity contribution in [2.24, 2.45) is 10.2 Å². The summed E-state index contributed by atoms with van der Waals surface area (Å²) < 4.78 is 111. The Balaban J connectivity index is 1.78. The van der Waals surface area contributed by atoms with Gasteiger partial charge in [-0.05, 0) is 23.9 Å². The highest BCUT2D eigenvalue weighted by Gasteiger charge is 2.30. The first-order chi connectivity index (χ1) is 18.5. The Morgan fingerprint density at radius 1 is 0.538 bits per heavy atom. The van der Waals surface area contributed by atoms with E-state index in [1.54, 1.807) is 0 Å². The minimum atomic E-state index is -2.03. The monoisotopic (exact) mass is 564 g/mol. The fraction of sp³-hybridized carbons (Fsp3) is 0.333. The van der Waals surface area contributed by atoms with E-state index in [4.69, 9.17) is 11.1 Å². The van der Waals surface area contributed by atoms with Gasteiger partial charge in [-0.15, -0.1) is 0 Å². The SMILES string of the molecule is [N-]=[N+]=Nc1c(F)c(F)c(C(=O)NCCCCCCCNC(=O)c2c(F)c(F)c(N=[N+]=[N-])c(F)c2F)c(F)c1F. The smallest absolute Gasteiger partial charge is 0.257 e. The molecule has 0 aliphatic heterocycles. The number of hydrogen-bond acceptors (Lipinski definition) is 4. The summed E-state index contributed by atoms with van der Waals surface area (Å²) >= 11 is 0. The predicted molar refractivity (Wildman–Crippen MR) is 118 cm³/mol. The Labute approximate surface area is 213 Å². The Hall–Kier alpha value is -4.56. The summed E-state index contributed by atoms with van der Waals surface area (Å²) in [4.78, 5) is 28.0. The van der Waals surface area contributed by atoms with Gasteiger partial charge in [0.1, 0.15) is 22.5 Å². The number of nitrogens with one attached hydrogen (secondary N) is 2. The third-order valence-electron chi connectivity index (χ3n) is 5.15. The van der Waals surface area contributed by atoms with Gasteiger partial charge >= 0.3 is 0 Å². The van der Waals surface area contributed by atoms with Crippen molar-refractivity contribution < 1.29 is 44.7 Å². The van der Waals surface area contributed by atoms with Crippen LogP contribution < -0.4 is 10.6 Å². The van der Waals surface area contributed by atoms with E-state index >= 15 is 0 Å². The molecule has 2 amide bonds. The molecule has 2 aromatic rings. The average Bonchev–Trinajstić information content (AvgIpc) is 2.90. The third-order valence-corrected chi connectivity index (χ3v) is 5.15. The van der Waals surface area contributed by atoms with Crippen molar-refractivity contribution in [1.29, 1.82) is 0 Å². The van der Waals surface area contributed by atoms with Crippen LogP contribution in [0.2, 0.25) is 0 Å². The molecule has 18 heteroatoms. The molecule has 0 aliphatic carbocycles. The fourth-order valence-electron chi connectivity index (χ4n) is 3.26. The van der Waals surface area contributed by atoms with Crippen molar-refractivity contribution in [3.63, 3.8) is 0 Å². The zero-order valence-corrected chi connectivity index (χ0v) is 19.5. The van der Waals surface area contributed by atoms with Crippen LogP contribution in [0.5, 0.6) is 0 Å². The van der Waals surface area contributed by atoms with E-state index in [9.17, 15) is 44.7 Å². The lowest BCUT2D eigenvalue weighted by Gasteiger charge is -2.10. The summed E-state index contributed by atoms with van der Waals surface area (Å²) in [6.07, 6.45) is 1.85.